The van der Waals surface area contributed by atoms with Crippen molar-refractivity contribution in [2.75, 3.05) is 22.9 Å². The molecule has 2 aromatic heterocycles. The molecule has 3 aliphatic heterocycles. The first kappa shape index (κ1) is 13.2. The van der Waals surface area contributed by atoms with E-state index < -0.39 is 0 Å². The van der Waals surface area contributed by atoms with Gasteiger partial charge in [0.2, 0.25) is 5.95 Å². The van der Waals surface area contributed by atoms with Gasteiger partial charge in [0, 0.05) is 37.1 Å². The number of hydrogen-bond acceptors (Lipinski definition) is 6. The second-order valence-electron chi connectivity index (χ2n) is 6.90. The summed E-state index contributed by atoms with van der Waals surface area (Å²) < 4.78 is 0. The maximum absolute atomic E-state index is 4.82. The van der Waals surface area contributed by atoms with Crippen LogP contribution in [0.2, 0.25) is 0 Å². The van der Waals surface area contributed by atoms with Crippen LogP contribution in [0, 0.1) is 6.92 Å². The first-order valence-corrected chi connectivity index (χ1v) is 8.44. The van der Waals surface area contributed by atoms with Crippen LogP contribution in [0.4, 0.5) is 11.8 Å². The summed E-state index contributed by atoms with van der Waals surface area (Å²) in [4.78, 5) is 23.0. The minimum Gasteiger partial charge on any atom is -0.347 e. The molecular formula is C17H20N6. The summed E-state index contributed by atoms with van der Waals surface area (Å²) >= 11 is 0. The molecule has 0 radical (unpaired) electrons. The zero-order valence-corrected chi connectivity index (χ0v) is 13.3. The second kappa shape index (κ2) is 4.88. The van der Waals surface area contributed by atoms with Crippen molar-refractivity contribution in [2.45, 2.75) is 44.2 Å². The van der Waals surface area contributed by atoms with Crippen molar-refractivity contribution in [2.24, 2.45) is 0 Å². The quantitative estimate of drug-likeness (QED) is 0.863. The summed E-state index contributed by atoms with van der Waals surface area (Å²) in [7, 11) is 0. The van der Waals surface area contributed by atoms with Crippen molar-refractivity contribution in [1.29, 1.82) is 0 Å². The number of aryl methyl sites for hydroxylation is 1. The molecule has 2 bridgehead atoms. The molecular weight excluding hydrogens is 288 g/mol. The van der Waals surface area contributed by atoms with Gasteiger partial charge < -0.3 is 9.80 Å². The molecule has 23 heavy (non-hydrogen) atoms. The molecule has 1 aliphatic carbocycles. The van der Waals surface area contributed by atoms with Gasteiger partial charge in [-0.2, -0.15) is 0 Å². The number of piperidine rings is 1. The van der Waals surface area contributed by atoms with Crippen LogP contribution in [-0.4, -0.2) is 45.1 Å². The van der Waals surface area contributed by atoms with Crippen LogP contribution >= 0.6 is 0 Å². The lowest BCUT2D eigenvalue weighted by atomic mass is 9.87. The Balaban J connectivity index is 1.36. The lowest BCUT2D eigenvalue weighted by Gasteiger charge is -2.56. The Morgan fingerprint density at radius 1 is 1.00 bits per heavy atom. The van der Waals surface area contributed by atoms with E-state index in [9.17, 15) is 0 Å². The van der Waals surface area contributed by atoms with Gasteiger partial charge in [0.05, 0.1) is 12.1 Å². The van der Waals surface area contributed by atoms with Crippen LogP contribution in [0.1, 0.15) is 36.7 Å². The third-order valence-corrected chi connectivity index (χ3v) is 5.12. The molecule has 6 rings (SSSR count). The van der Waals surface area contributed by atoms with Crippen LogP contribution in [-0.2, 0) is 0 Å². The van der Waals surface area contributed by atoms with Gasteiger partial charge in [-0.25, -0.2) is 19.9 Å². The van der Waals surface area contributed by atoms with Crippen molar-refractivity contribution >= 4 is 11.8 Å². The molecule has 4 aliphatic rings. The van der Waals surface area contributed by atoms with E-state index >= 15 is 0 Å². The first-order valence-electron chi connectivity index (χ1n) is 8.44. The monoisotopic (exact) mass is 308 g/mol. The maximum Gasteiger partial charge on any atom is 0.225 e. The molecule has 0 amide bonds. The second-order valence-corrected chi connectivity index (χ2v) is 6.90. The summed E-state index contributed by atoms with van der Waals surface area (Å²) in [6.45, 7) is 3.97. The first-order chi connectivity index (χ1) is 11.3. The highest BCUT2D eigenvalue weighted by Crippen LogP contribution is 2.40. The Kier molecular flexibility index (Phi) is 2.80. The van der Waals surface area contributed by atoms with Crippen LogP contribution in [0.3, 0.4) is 0 Å². The van der Waals surface area contributed by atoms with E-state index in [-0.39, 0.29) is 0 Å². The third-order valence-electron chi connectivity index (χ3n) is 5.12. The Labute approximate surface area is 135 Å². The highest BCUT2D eigenvalue weighted by molar-refractivity contribution is 5.50. The molecule has 5 heterocycles. The van der Waals surface area contributed by atoms with Crippen molar-refractivity contribution in [1.82, 2.24) is 19.9 Å². The van der Waals surface area contributed by atoms with E-state index in [1.54, 1.807) is 0 Å². The molecule has 2 aromatic rings. The predicted molar refractivity (Wildman–Crippen MR) is 87.7 cm³/mol. The summed E-state index contributed by atoms with van der Waals surface area (Å²) in [6.07, 6.45) is 7.50. The van der Waals surface area contributed by atoms with Crippen LogP contribution in [0.15, 0.2) is 24.5 Å². The van der Waals surface area contributed by atoms with Crippen molar-refractivity contribution in [3.05, 3.63) is 36.0 Å². The van der Waals surface area contributed by atoms with E-state index in [1.165, 1.54) is 19.3 Å². The number of fused-ring (bicyclic) bond motifs is 2. The fraction of sp³-hybridized carbons (Fsp3) is 0.529. The van der Waals surface area contributed by atoms with Gasteiger partial charge in [-0.15, -0.1) is 0 Å². The maximum atomic E-state index is 4.82. The number of hydrogen-bond donors (Lipinski definition) is 0. The summed E-state index contributed by atoms with van der Waals surface area (Å²) in [5, 5.41) is 0. The molecule has 0 aromatic carbocycles. The molecule has 2 atom stereocenters. The van der Waals surface area contributed by atoms with Crippen molar-refractivity contribution in [3.63, 3.8) is 0 Å². The van der Waals surface area contributed by atoms with E-state index in [0.29, 0.717) is 18.0 Å². The summed E-state index contributed by atoms with van der Waals surface area (Å²) in [6, 6.07) is 5.03. The van der Waals surface area contributed by atoms with Crippen LogP contribution < -0.4 is 9.80 Å². The van der Waals surface area contributed by atoms with Gasteiger partial charge >= 0.3 is 0 Å². The highest BCUT2D eigenvalue weighted by atomic mass is 15.4. The van der Waals surface area contributed by atoms with Gasteiger partial charge in [0.1, 0.15) is 11.6 Å². The molecule has 6 heteroatoms. The van der Waals surface area contributed by atoms with E-state index in [2.05, 4.69) is 30.8 Å². The predicted octanol–water partition coefficient (Wildman–Crippen LogP) is 1.92. The number of nitrogens with zero attached hydrogens (tertiary/aromatic N) is 6. The molecule has 6 nitrogen and oxygen atoms in total. The number of anilines is 2. The van der Waals surface area contributed by atoms with Crippen LogP contribution in [0.5, 0.6) is 0 Å². The minimum absolute atomic E-state index is 0.514. The lowest BCUT2D eigenvalue weighted by molar-refractivity contribution is 0.286. The molecule has 118 valence electrons. The normalized spacial score (nSPS) is 26.1. The minimum atomic E-state index is 0.514. The third kappa shape index (κ3) is 2.24. The largest absolute Gasteiger partial charge is 0.347 e. The van der Waals surface area contributed by atoms with E-state index in [0.717, 1.165) is 36.4 Å². The molecule has 4 fully saturated rings. The highest BCUT2D eigenvalue weighted by Gasteiger charge is 2.46. The Morgan fingerprint density at radius 2 is 1.78 bits per heavy atom. The van der Waals surface area contributed by atoms with Crippen molar-refractivity contribution < 1.29 is 0 Å². The average molecular weight is 308 g/mol. The molecule has 2 unspecified atom stereocenters. The average Bonchev–Trinajstić information content (AvgIpc) is 3.40. The van der Waals surface area contributed by atoms with Crippen LogP contribution in [0.25, 0.3) is 0 Å². The van der Waals surface area contributed by atoms with Crippen molar-refractivity contribution in [3.8, 4) is 0 Å². The molecule has 0 N–H and O–H groups in total. The Morgan fingerprint density at radius 3 is 2.52 bits per heavy atom. The zero-order valence-electron chi connectivity index (χ0n) is 13.3. The lowest BCUT2D eigenvalue weighted by Crippen LogP contribution is -2.69. The number of piperazine rings is 1. The van der Waals surface area contributed by atoms with E-state index in [1.807, 2.05) is 25.4 Å². The summed E-state index contributed by atoms with van der Waals surface area (Å²) in [5.41, 5.74) is 1.02. The van der Waals surface area contributed by atoms with Gasteiger partial charge in [-0.3, -0.25) is 0 Å². The standard InChI is InChI=1S/C17H20N6/c1-11-4-6-19-17(20-11)22-9-13-8-14(10-22)23(13)15-5-7-18-16(21-15)12-2-3-12/h4-7,12-14H,2-3,8-10H2,1H3. The molecule has 3 saturated heterocycles. The Hall–Kier alpha value is -2.24. The smallest absolute Gasteiger partial charge is 0.225 e. The van der Waals surface area contributed by atoms with Gasteiger partial charge in [0.25, 0.3) is 0 Å². The topological polar surface area (TPSA) is 58.0 Å². The molecule has 1 saturated carbocycles. The number of rotatable bonds is 3. The van der Waals surface area contributed by atoms with Gasteiger partial charge in [0.15, 0.2) is 0 Å². The fourth-order valence-electron chi connectivity index (χ4n) is 3.78. The van der Waals surface area contributed by atoms with Gasteiger partial charge in [-0.05, 0) is 38.3 Å². The SMILES string of the molecule is Cc1ccnc(N2CC3CC(C2)N3c2ccnc(C3CC3)n2)n1. The summed E-state index contributed by atoms with van der Waals surface area (Å²) in [5.74, 6) is 3.60. The molecule has 0 spiro atoms. The Bertz CT molecular complexity index is 731. The van der Waals surface area contributed by atoms with E-state index in [4.69, 9.17) is 4.98 Å². The fourth-order valence-corrected chi connectivity index (χ4v) is 3.78. The number of aromatic nitrogens is 4. The zero-order chi connectivity index (χ0) is 15.4. The van der Waals surface area contributed by atoms with Gasteiger partial charge in [-0.1, -0.05) is 0 Å².